The summed E-state index contributed by atoms with van der Waals surface area (Å²) in [4.78, 5) is 37.6. The van der Waals surface area contributed by atoms with E-state index in [1.807, 2.05) is 12.1 Å². The predicted molar refractivity (Wildman–Crippen MR) is 217 cm³/mol. The molecule has 2 saturated heterocycles. The van der Waals surface area contributed by atoms with Crippen LogP contribution < -0.4 is 25.4 Å². The third-order valence-electron chi connectivity index (χ3n) is 9.10. The number of nitrogens with zero attached hydrogens (tertiary/aromatic N) is 8. The number of benzene rings is 2. The Hall–Kier alpha value is -5.59. The minimum Gasteiger partial charge on any atom is -0.495 e. The maximum absolute atomic E-state index is 12.7. The monoisotopic (exact) mass is 837 g/mol. The van der Waals surface area contributed by atoms with E-state index in [1.54, 1.807) is 76.5 Å². The van der Waals surface area contributed by atoms with Crippen molar-refractivity contribution in [1.82, 2.24) is 39.0 Å². The summed E-state index contributed by atoms with van der Waals surface area (Å²) in [7, 11) is 4.89. The number of hydrogen-bond donors (Lipinski definition) is 3. The van der Waals surface area contributed by atoms with Gasteiger partial charge >= 0.3 is 0 Å². The molecule has 0 radical (unpaired) electrons. The summed E-state index contributed by atoms with van der Waals surface area (Å²) in [5, 5.41) is 19.1. The van der Waals surface area contributed by atoms with Crippen LogP contribution in [0.2, 0.25) is 15.2 Å². The molecule has 6 aromatic rings. The van der Waals surface area contributed by atoms with Gasteiger partial charge in [0.2, 0.25) is 0 Å². The van der Waals surface area contributed by atoms with E-state index < -0.39 is 0 Å². The van der Waals surface area contributed by atoms with E-state index in [0.717, 1.165) is 0 Å². The molecule has 0 bridgehead atoms. The van der Waals surface area contributed by atoms with Crippen LogP contribution in [0.25, 0.3) is 11.3 Å². The van der Waals surface area contributed by atoms with Gasteiger partial charge in [0.05, 0.1) is 64.4 Å². The zero-order chi connectivity index (χ0) is 40.1. The van der Waals surface area contributed by atoms with Crippen molar-refractivity contribution in [3.63, 3.8) is 0 Å². The highest BCUT2D eigenvalue weighted by molar-refractivity contribution is 6.34. The summed E-state index contributed by atoms with van der Waals surface area (Å²) >= 11 is 18.4. The minimum atomic E-state index is -0.0543. The van der Waals surface area contributed by atoms with Gasteiger partial charge in [-0.05, 0) is 36.4 Å². The smallest absolute Gasteiger partial charge is 0.254 e. The zero-order valence-corrected chi connectivity index (χ0v) is 33.4. The predicted octanol–water partition coefficient (Wildman–Crippen LogP) is 5.91. The summed E-state index contributed by atoms with van der Waals surface area (Å²) in [5.74, 6) is 2.81. The second kappa shape index (κ2) is 17.7. The summed E-state index contributed by atoms with van der Waals surface area (Å²) in [6, 6.07) is 14.0. The lowest BCUT2D eigenvalue weighted by molar-refractivity contribution is 0.0301. The molecule has 6 heterocycles. The maximum atomic E-state index is 12.7. The van der Waals surface area contributed by atoms with Crippen molar-refractivity contribution >= 4 is 86.7 Å². The van der Waals surface area contributed by atoms with E-state index in [-0.39, 0.29) is 17.0 Å². The van der Waals surface area contributed by atoms with E-state index >= 15 is 0 Å². The summed E-state index contributed by atoms with van der Waals surface area (Å²) in [5.41, 5.74) is 3.41. The maximum Gasteiger partial charge on any atom is 0.254 e. The average Bonchev–Trinajstić information content (AvgIpc) is 3.82. The fraction of sp³-hybridized carbons (Fsp3) is 0.297. The largest absolute Gasteiger partial charge is 0.495 e. The van der Waals surface area contributed by atoms with Crippen molar-refractivity contribution in [2.75, 3.05) is 89.8 Å². The quantitative estimate of drug-likeness (QED) is 0.147. The first-order valence-corrected chi connectivity index (χ1v) is 18.9. The molecule has 2 aromatic carbocycles. The summed E-state index contributed by atoms with van der Waals surface area (Å²) in [6.45, 7) is 4.54. The second-order valence-corrected chi connectivity index (χ2v) is 13.8. The number of hydrogen-bond acceptors (Lipinski definition) is 13. The first-order valence-electron chi connectivity index (χ1n) is 17.7. The minimum absolute atomic E-state index is 0.0409. The molecular formula is C37H38Cl3N11O6. The van der Waals surface area contributed by atoms with Crippen molar-refractivity contribution in [3.8, 4) is 11.5 Å². The third kappa shape index (κ3) is 8.72. The average molecular weight is 839 g/mol. The second-order valence-electron chi connectivity index (χ2n) is 12.6. The molecule has 0 aliphatic carbocycles. The van der Waals surface area contributed by atoms with Gasteiger partial charge in [-0.1, -0.05) is 34.8 Å². The molecule has 4 aromatic heterocycles. The van der Waals surface area contributed by atoms with E-state index in [9.17, 15) is 9.59 Å². The van der Waals surface area contributed by atoms with Gasteiger partial charge in [0.1, 0.15) is 44.2 Å². The molecule has 17 nitrogen and oxygen atoms in total. The van der Waals surface area contributed by atoms with E-state index in [2.05, 4.69) is 36.1 Å². The van der Waals surface area contributed by atoms with Crippen molar-refractivity contribution in [2.24, 2.45) is 0 Å². The molecule has 2 aliphatic rings. The lowest BCUT2D eigenvalue weighted by Crippen LogP contribution is -2.40. The van der Waals surface area contributed by atoms with Gasteiger partial charge in [-0.15, -0.1) is 0 Å². The van der Waals surface area contributed by atoms with Crippen LogP contribution in [0.15, 0.2) is 60.9 Å². The first kappa shape index (κ1) is 39.6. The number of fused-ring (bicyclic) bond motifs is 2. The number of carbonyl (C=O) groups excluding carboxylic acids is 2. The molecule has 0 saturated carbocycles. The molecule has 2 fully saturated rings. The van der Waals surface area contributed by atoms with Gasteiger partial charge in [0.25, 0.3) is 11.8 Å². The zero-order valence-electron chi connectivity index (χ0n) is 31.1. The lowest BCUT2D eigenvalue weighted by atomic mass is 10.1. The number of nitrogens with one attached hydrogen (secondary N) is 3. The number of carbonyl (C=O) groups is 2. The van der Waals surface area contributed by atoms with E-state index in [4.69, 9.17) is 53.8 Å². The number of morpholine rings is 2. The van der Waals surface area contributed by atoms with Crippen LogP contribution in [-0.4, -0.2) is 125 Å². The Balaban J connectivity index is 0.000000174. The van der Waals surface area contributed by atoms with Gasteiger partial charge in [0, 0.05) is 56.5 Å². The number of amides is 2. The molecule has 0 atom stereocenters. The van der Waals surface area contributed by atoms with Gasteiger partial charge in [-0.2, -0.15) is 19.2 Å². The molecule has 2 amide bonds. The topological polar surface area (TPSA) is 174 Å². The normalized spacial score (nSPS) is 14.2. The van der Waals surface area contributed by atoms with Crippen LogP contribution in [0.1, 0.15) is 20.7 Å². The van der Waals surface area contributed by atoms with Gasteiger partial charge in [-0.3, -0.25) is 9.59 Å². The Labute approximate surface area is 341 Å². The Kier molecular flexibility index (Phi) is 12.3. The number of rotatable bonds is 9. The fourth-order valence-corrected chi connectivity index (χ4v) is 6.69. The summed E-state index contributed by atoms with van der Waals surface area (Å²) < 4.78 is 24.8. The molecule has 57 heavy (non-hydrogen) atoms. The van der Waals surface area contributed by atoms with Crippen molar-refractivity contribution in [1.29, 1.82) is 0 Å². The van der Waals surface area contributed by atoms with Crippen LogP contribution in [0.3, 0.4) is 0 Å². The molecule has 3 N–H and O–H groups in total. The summed E-state index contributed by atoms with van der Waals surface area (Å²) in [6.07, 6.45) is 3.03. The Morgan fingerprint density at radius 1 is 0.667 bits per heavy atom. The number of aromatic nitrogens is 6. The Bertz CT molecular complexity index is 2410. The van der Waals surface area contributed by atoms with E-state index in [0.29, 0.717) is 125 Å². The molecule has 0 spiro atoms. The number of anilines is 5. The van der Waals surface area contributed by atoms with Gasteiger partial charge in [-0.25, -0.2) is 9.97 Å². The lowest BCUT2D eigenvalue weighted by Gasteiger charge is -2.27. The van der Waals surface area contributed by atoms with Crippen molar-refractivity contribution < 1.29 is 28.5 Å². The molecule has 8 rings (SSSR count). The highest BCUT2D eigenvalue weighted by Gasteiger charge is 2.22. The van der Waals surface area contributed by atoms with Crippen LogP contribution in [0.4, 0.5) is 28.8 Å². The highest BCUT2D eigenvalue weighted by atomic mass is 35.5. The number of halogens is 3. The van der Waals surface area contributed by atoms with Gasteiger partial charge < -0.3 is 44.7 Å². The SMILES string of the molecule is CNc1cc(Nc2ccc(C(=O)N3CCOCC3)cc2OC)n2ncc(Cl)c2n1.COc1cc(C(=O)N2CCOCC2)ccc1Nc1cc(Cl)nc2c(Cl)cnn12. The van der Waals surface area contributed by atoms with Crippen LogP contribution in [-0.2, 0) is 9.47 Å². The van der Waals surface area contributed by atoms with E-state index in [1.165, 1.54) is 12.4 Å². The first-order chi connectivity index (χ1) is 27.7. The van der Waals surface area contributed by atoms with Gasteiger partial charge in [0.15, 0.2) is 11.3 Å². The molecule has 298 valence electrons. The van der Waals surface area contributed by atoms with Crippen LogP contribution in [0, 0.1) is 0 Å². The van der Waals surface area contributed by atoms with Crippen LogP contribution in [0.5, 0.6) is 11.5 Å². The number of methoxy groups -OCH3 is 2. The molecule has 2 aliphatic heterocycles. The standard InChI is InChI=1S/C19H21ClN6O3.C18H17Cl2N5O3/c1-21-16-10-17(26-18(24-16)13(20)11-22-26)23-14-4-3-12(9-15(14)28-2)19(27)25-5-7-29-8-6-25;1-27-14-8-11(18(26)24-4-6-28-7-5-24)2-3-13(14)22-16-9-15(20)23-17-12(19)10-21-25(16)17/h3-4,9-11,23H,5-8H2,1-2H3,(H,21,24);2-3,8-10,22H,4-7H2,1H3. The Morgan fingerprint density at radius 3 is 1.58 bits per heavy atom. The fourth-order valence-electron chi connectivity index (χ4n) is 6.18. The third-order valence-corrected chi connectivity index (χ3v) is 9.83. The molecule has 0 unspecified atom stereocenters. The van der Waals surface area contributed by atoms with Crippen molar-refractivity contribution in [2.45, 2.75) is 0 Å². The van der Waals surface area contributed by atoms with Crippen LogP contribution >= 0.6 is 34.8 Å². The van der Waals surface area contributed by atoms with Crippen molar-refractivity contribution in [3.05, 3.63) is 87.2 Å². The molecule has 20 heteroatoms. The number of ether oxygens (including phenoxy) is 4. The molecular weight excluding hydrogens is 801 g/mol. The highest BCUT2D eigenvalue weighted by Crippen LogP contribution is 2.33. The Morgan fingerprint density at radius 2 is 1.12 bits per heavy atom.